The molecule has 3 N–H and O–H groups in total. The molecule has 0 aliphatic carbocycles. The van der Waals surface area contributed by atoms with Crippen LogP contribution < -0.4 is 10.5 Å². The first-order valence-corrected chi connectivity index (χ1v) is 6.64. The Bertz CT molecular complexity index is 583. The minimum absolute atomic E-state index is 0.0501. The molecule has 0 saturated heterocycles. The van der Waals surface area contributed by atoms with E-state index >= 15 is 0 Å². The van der Waals surface area contributed by atoms with Crippen LogP contribution in [0.25, 0.3) is 0 Å². The quantitative estimate of drug-likeness (QED) is 0.664. The molecular weight excluding hydrogens is 291 g/mol. The Morgan fingerprint density at radius 2 is 2.06 bits per heavy atom. The maximum Gasteiger partial charge on any atom is 0.132 e. The minimum Gasteiger partial charge on any atom is -0.487 e. The standard InChI is InChI=1S/C12H10Cl2N2OS/c13-7-1-3-9(12(15)16)10(5-7)17-6-8-2-4-11(14)18-8/h1-5H,6H2,(H3,15,16). The monoisotopic (exact) mass is 300 g/mol. The molecule has 0 spiro atoms. The Labute approximate surface area is 119 Å². The molecular formula is C12H10Cl2N2OS. The Kier molecular flexibility index (Phi) is 4.11. The molecule has 6 heteroatoms. The third kappa shape index (κ3) is 3.16. The van der Waals surface area contributed by atoms with Crippen molar-refractivity contribution in [2.75, 3.05) is 0 Å². The van der Waals surface area contributed by atoms with Crippen molar-refractivity contribution < 1.29 is 4.74 Å². The topological polar surface area (TPSA) is 59.1 Å². The number of hydrogen-bond acceptors (Lipinski definition) is 3. The molecule has 0 aliphatic rings. The Balaban J connectivity index is 2.17. The van der Waals surface area contributed by atoms with Gasteiger partial charge < -0.3 is 10.5 Å². The van der Waals surface area contributed by atoms with Crippen molar-refractivity contribution >= 4 is 40.4 Å². The highest BCUT2D eigenvalue weighted by atomic mass is 35.5. The lowest BCUT2D eigenvalue weighted by Crippen LogP contribution is -2.13. The molecule has 1 aromatic heterocycles. The fourth-order valence-electron chi connectivity index (χ4n) is 1.42. The van der Waals surface area contributed by atoms with E-state index in [1.807, 2.05) is 12.1 Å². The predicted molar refractivity (Wildman–Crippen MR) is 76.1 cm³/mol. The van der Waals surface area contributed by atoms with Gasteiger partial charge in [-0.3, -0.25) is 5.41 Å². The van der Waals surface area contributed by atoms with Crippen LogP contribution in [0.1, 0.15) is 10.4 Å². The summed E-state index contributed by atoms with van der Waals surface area (Å²) in [5.41, 5.74) is 6.01. The van der Waals surface area contributed by atoms with Gasteiger partial charge in [0, 0.05) is 9.90 Å². The predicted octanol–water partition coefficient (Wildman–Crippen LogP) is 3.92. The molecule has 2 aromatic rings. The van der Waals surface area contributed by atoms with Crippen LogP contribution in [0, 0.1) is 5.41 Å². The number of halogens is 2. The second-order valence-corrected chi connectivity index (χ2v) is 5.78. The van der Waals surface area contributed by atoms with E-state index in [4.69, 9.17) is 39.1 Å². The fraction of sp³-hybridized carbons (Fsp3) is 0.0833. The molecule has 94 valence electrons. The van der Waals surface area contributed by atoms with Gasteiger partial charge in [-0.2, -0.15) is 0 Å². The van der Waals surface area contributed by atoms with Crippen molar-refractivity contribution in [2.24, 2.45) is 5.73 Å². The lowest BCUT2D eigenvalue weighted by atomic mass is 10.2. The van der Waals surface area contributed by atoms with Gasteiger partial charge in [0.25, 0.3) is 0 Å². The average molecular weight is 301 g/mol. The normalized spacial score (nSPS) is 10.3. The van der Waals surface area contributed by atoms with Crippen molar-refractivity contribution in [1.82, 2.24) is 0 Å². The van der Waals surface area contributed by atoms with Crippen molar-refractivity contribution in [2.45, 2.75) is 6.61 Å². The Morgan fingerprint density at radius 1 is 1.28 bits per heavy atom. The molecule has 3 nitrogen and oxygen atoms in total. The summed E-state index contributed by atoms with van der Waals surface area (Å²) in [6.07, 6.45) is 0. The summed E-state index contributed by atoms with van der Waals surface area (Å²) in [6.45, 7) is 0.373. The van der Waals surface area contributed by atoms with Gasteiger partial charge in [0.2, 0.25) is 0 Å². The number of ether oxygens (including phenoxy) is 1. The van der Waals surface area contributed by atoms with Gasteiger partial charge in [-0.15, -0.1) is 11.3 Å². The number of rotatable bonds is 4. The number of amidine groups is 1. The summed E-state index contributed by atoms with van der Waals surface area (Å²) in [4.78, 5) is 0.995. The summed E-state index contributed by atoms with van der Waals surface area (Å²) >= 11 is 13.2. The number of nitrogens with two attached hydrogens (primary N) is 1. The molecule has 0 saturated carbocycles. The van der Waals surface area contributed by atoms with E-state index in [9.17, 15) is 0 Å². The van der Waals surface area contributed by atoms with Crippen LogP contribution in [0.3, 0.4) is 0 Å². The fourth-order valence-corrected chi connectivity index (χ4v) is 2.58. The van der Waals surface area contributed by atoms with Crippen molar-refractivity contribution in [1.29, 1.82) is 5.41 Å². The van der Waals surface area contributed by atoms with Crippen LogP contribution >= 0.6 is 34.5 Å². The third-order valence-electron chi connectivity index (χ3n) is 2.23. The van der Waals surface area contributed by atoms with Crippen LogP contribution in [0.4, 0.5) is 0 Å². The van der Waals surface area contributed by atoms with Crippen LogP contribution in [0.5, 0.6) is 5.75 Å². The highest BCUT2D eigenvalue weighted by Gasteiger charge is 2.08. The molecule has 0 unspecified atom stereocenters. The molecule has 18 heavy (non-hydrogen) atoms. The zero-order valence-electron chi connectivity index (χ0n) is 9.24. The first kappa shape index (κ1) is 13.2. The molecule has 0 fully saturated rings. The lowest BCUT2D eigenvalue weighted by molar-refractivity contribution is 0.309. The number of nitrogens with one attached hydrogen (secondary N) is 1. The smallest absolute Gasteiger partial charge is 0.132 e. The molecule has 0 radical (unpaired) electrons. The lowest BCUT2D eigenvalue weighted by Gasteiger charge is -2.10. The molecule has 0 atom stereocenters. The molecule has 0 bridgehead atoms. The molecule has 1 heterocycles. The van der Waals surface area contributed by atoms with Gasteiger partial charge in [-0.25, -0.2) is 0 Å². The van der Waals surface area contributed by atoms with Crippen molar-refractivity contribution in [3.63, 3.8) is 0 Å². The van der Waals surface area contributed by atoms with Gasteiger partial charge in [0.05, 0.1) is 9.90 Å². The molecule has 1 aromatic carbocycles. The SMILES string of the molecule is N=C(N)c1ccc(Cl)cc1OCc1ccc(Cl)s1. The molecule has 0 aliphatic heterocycles. The van der Waals surface area contributed by atoms with Crippen molar-refractivity contribution in [3.8, 4) is 5.75 Å². The van der Waals surface area contributed by atoms with Gasteiger partial charge in [0.1, 0.15) is 18.2 Å². The summed E-state index contributed by atoms with van der Waals surface area (Å²) in [7, 11) is 0. The zero-order valence-corrected chi connectivity index (χ0v) is 11.6. The average Bonchev–Trinajstić information content (AvgIpc) is 2.72. The maximum atomic E-state index is 7.47. The highest BCUT2D eigenvalue weighted by Crippen LogP contribution is 2.26. The Hall–Kier alpha value is -1.23. The number of nitrogen functional groups attached to an aromatic ring is 1. The zero-order chi connectivity index (χ0) is 13.1. The number of thiophene rings is 1. The summed E-state index contributed by atoms with van der Waals surface area (Å²) in [5, 5.41) is 8.01. The van der Waals surface area contributed by atoms with Gasteiger partial charge in [-0.1, -0.05) is 23.2 Å². The van der Waals surface area contributed by atoms with Gasteiger partial charge >= 0.3 is 0 Å². The first-order chi connectivity index (χ1) is 8.56. The summed E-state index contributed by atoms with van der Waals surface area (Å²) in [5.74, 6) is 0.449. The highest BCUT2D eigenvalue weighted by molar-refractivity contribution is 7.16. The van der Waals surface area contributed by atoms with Crippen LogP contribution in [-0.4, -0.2) is 5.84 Å². The van der Waals surface area contributed by atoms with Crippen molar-refractivity contribution in [3.05, 3.63) is 50.1 Å². The number of hydrogen-bond donors (Lipinski definition) is 2. The van der Waals surface area contributed by atoms with E-state index in [0.717, 1.165) is 4.88 Å². The molecule has 0 amide bonds. The maximum absolute atomic E-state index is 7.47. The van der Waals surface area contributed by atoms with E-state index in [0.29, 0.717) is 27.3 Å². The van der Waals surface area contributed by atoms with E-state index in [2.05, 4.69) is 0 Å². The summed E-state index contributed by atoms with van der Waals surface area (Å²) in [6, 6.07) is 8.70. The largest absolute Gasteiger partial charge is 0.487 e. The van der Waals surface area contributed by atoms with E-state index in [-0.39, 0.29) is 5.84 Å². The van der Waals surface area contributed by atoms with E-state index < -0.39 is 0 Å². The second-order valence-electron chi connectivity index (χ2n) is 3.55. The van der Waals surface area contributed by atoms with Crippen LogP contribution in [-0.2, 0) is 6.61 Å². The third-order valence-corrected chi connectivity index (χ3v) is 3.67. The molecule has 2 rings (SSSR count). The van der Waals surface area contributed by atoms with E-state index in [1.54, 1.807) is 18.2 Å². The van der Waals surface area contributed by atoms with Gasteiger partial charge in [-0.05, 0) is 30.3 Å². The van der Waals surface area contributed by atoms with E-state index in [1.165, 1.54) is 11.3 Å². The van der Waals surface area contributed by atoms with Gasteiger partial charge in [0.15, 0.2) is 0 Å². The minimum atomic E-state index is -0.0501. The summed E-state index contributed by atoms with van der Waals surface area (Å²) < 4.78 is 6.34. The first-order valence-electron chi connectivity index (χ1n) is 5.07. The number of benzene rings is 1. The van der Waals surface area contributed by atoms with Crippen LogP contribution in [0.15, 0.2) is 30.3 Å². The Morgan fingerprint density at radius 3 is 2.67 bits per heavy atom. The second kappa shape index (κ2) is 5.61. The van der Waals surface area contributed by atoms with Crippen LogP contribution in [0.2, 0.25) is 9.36 Å².